The Balaban J connectivity index is 2.03. The number of rotatable bonds is 11. The number of hydrogen-bond acceptors (Lipinski definition) is 7. The molecule has 0 aromatic heterocycles. The fraction of sp³-hybridized carbons (Fsp3) is 0.429. The Bertz CT molecular complexity index is 730. The van der Waals surface area contributed by atoms with Crippen molar-refractivity contribution in [3.8, 4) is 11.5 Å². The first-order valence-corrected chi connectivity index (χ1v) is 9.09. The van der Waals surface area contributed by atoms with Gasteiger partial charge in [-0.3, -0.25) is 0 Å². The highest BCUT2D eigenvalue weighted by Crippen LogP contribution is 2.33. The molecule has 2 unspecified atom stereocenters. The SMILES string of the molecule is CC(C)(c1ccc(OCC(O)CO)cc1)c1ccc(OCC(CO)N=O)cc1. The molecule has 7 nitrogen and oxygen atoms in total. The summed E-state index contributed by atoms with van der Waals surface area (Å²) >= 11 is 0. The standard InChI is InChI=1S/C21H27NO6/c1-21(2,16-5-9-20(10-6-16)28-14-18(25)12-24)15-3-7-19(8-4-15)27-13-17(11-23)22-26/h3-10,17-18,23-25H,11-14H2,1-2H3. The topological polar surface area (TPSA) is 109 Å². The Morgan fingerprint density at radius 2 is 1.32 bits per heavy atom. The maximum Gasteiger partial charge on any atom is 0.149 e. The minimum absolute atomic E-state index is 0.0369. The van der Waals surface area contributed by atoms with Crippen molar-refractivity contribution in [1.82, 2.24) is 0 Å². The first kappa shape index (κ1) is 21.8. The number of benzene rings is 2. The molecular weight excluding hydrogens is 362 g/mol. The minimum Gasteiger partial charge on any atom is -0.491 e. The molecule has 0 saturated heterocycles. The summed E-state index contributed by atoms with van der Waals surface area (Å²) in [4.78, 5) is 10.5. The third-order valence-electron chi connectivity index (χ3n) is 4.61. The summed E-state index contributed by atoms with van der Waals surface area (Å²) in [5, 5.41) is 29.9. The lowest BCUT2D eigenvalue weighted by Gasteiger charge is -2.26. The van der Waals surface area contributed by atoms with Gasteiger partial charge in [0.2, 0.25) is 0 Å². The average Bonchev–Trinajstić information content (AvgIpc) is 2.73. The normalized spacial score (nSPS) is 13.6. The van der Waals surface area contributed by atoms with Crippen LogP contribution in [-0.4, -0.2) is 53.9 Å². The molecule has 0 radical (unpaired) electrons. The van der Waals surface area contributed by atoms with Crippen LogP contribution in [0.15, 0.2) is 53.7 Å². The summed E-state index contributed by atoms with van der Waals surface area (Å²) in [5.41, 5.74) is 1.90. The number of nitrogens with zero attached hydrogens (tertiary/aromatic N) is 1. The van der Waals surface area contributed by atoms with Gasteiger partial charge in [-0.2, -0.15) is 4.91 Å². The molecule has 2 atom stereocenters. The van der Waals surface area contributed by atoms with Crippen molar-refractivity contribution in [2.24, 2.45) is 5.18 Å². The van der Waals surface area contributed by atoms with Gasteiger partial charge in [-0.15, -0.1) is 0 Å². The molecule has 0 aliphatic carbocycles. The van der Waals surface area contributed by atoms with Crippen LogP contribution < -0.4 is 9.47 Å². The van der Waals surface area contributed by atoms with Crippen molar-refractivity contribution in [3.05, 3.63) is 64.6 Å². The molecular formula is C21H27NO6. The lowest BCUT2D eigenvalue weighted by molar-refractivity contribution is 0.0536. The maximum absolute atomic E-state index is 10.5. The maximum atomic E-state index is 10.5. The van der Waals surface area contributed by atoms with E-state index in [9.17, 15) is 10.0 Å². The van der Waals surface area contributed by atoms with E-state index in [1.165, 1.54) is 0 Å². The molecule has 0 heterocycles. The van der Waals surface area contributed by atoms with Crippen molar-refractivity contribution in [2.75, 3.05) is 26.4 Å². The summed E-state index contributed by atoms with van der Waals surface area (Å²) in [6, 6.07) is 14.4. The van der Waals surface area contributed by atoms with Crippen LogP contribution in [0.5, 0.6) is 11.5 Å². The Morgan fingerprint density at radius 1 is 0.857 bits per heavy atom. The summed E-state index contributed by atoms with van der Waals surface area (Å²) in [6.45, 7) is 3.61. The molecule has 0 amide bonds. The summed E-state index contributed by atoms with van der Waals surface area (Å²) in [7, 11) is 0. The highest BCUT2D eigenvalue weighted by molar-refractivity contribution is 5.41. The van der Waals surface area contributed by atoms with E-state index in [1.54, 1.807) is 0 Å². The predicted molar refractivity (Wildman–Crippen MR) is 106 cm³/mol. The number of nitroso groups, excluding NO2 is 1. The Hall–Kier alpha value is -2.48. The molecule has 0 fully saturated rings. The van der Waals surface area contributed by atoms with E-state index in [-0.39, 0.29) is 31.8 Å². The van der Waals surface area contributed by atoms with Gasteiger partial charge in [0.25, 0.3) is 0 Å². The van der Waals surface area contributed by atoms with Gasteiger partial charge in [-0.05, 0) is 35.4 Å². The number of aliphatic hydroxyl groups is 3. The number of ether oxygens (including phenoxy) is 2. The molecule has 0 aliphatic heterocycles. The molecule has 0 aliphatic rings. The van der Waals surface area contributed by atoms with E-state index in [1.807, 2.05) is 48.5 Å². The van der Waals surface area contributed by atoms with Crippen molar-refractivity contribution < 1.29 is 24.8 Å². The first-order chi connectivity index (χ1) is 13.4. The van der Waals surface area contributed by atoms with Crippen LogP contribution in [0.2, 0.25) is 0 Å². The largest absolute Gasteiger partial charge is 0.491 e. The van der Waals surface area contributed by atoms with Gasteiger partial charge < -0.3 is 24.8 Å². The highest BCUT2D eigenvalue weighted by atomic mass is 16.5. The fourth-order valence-electron chi connectivity index (χ4n) is 2.66. The molecule has 0 spiro atoms. The minimum atomic E-state index is -0.896. The van der Waals surface area contributed by atoms with Gasteiger partial charge in [0.15, 0.2) is 0 Å². The van der Waals surface area contributed by atoms with Crippen LogP contribution in [0, 0.1) is 4.91 Å². The molecule has 2 aromatic rings. The van der Waals surface area contributed by atoms with E-state index in [4.69, 9.17) is 19.7 Å². The second-order valence-electron chi connectivity index (χ2n) is 7.07. The smallest absolute Gasteiger partial charge is 0.149 e. The van der Waals surface area contributed by atoms with Crippen LogP contribution in [0.25, 0.3) is 0 Å². The fourth-order valence-corrected chi connectivity index (χ4v) is 2.66. The Kier molecular flexibility index (Phi) is 7.92. The first-order valence-electron chi connectivity index (χ1n) is 9.09. The molecule has 152 valence electrons. The second-order valence-corrected chi connectivity index (χ2v) is 7.07. The quantitative estimate of drug-likeness (QED) is 0.509. The molecule has 0 saturated carbocycles. The predicted octanol–water partition coefficient (Wildman–Crippen LogP) is 2.25. The van der Waals surface area contributed by atoms with E-state index in [0.29, 0.717) is 11.5 Å². The van der Waals surface area contributed by atoms with Crippen LogP contribution in [0.4, 0.5) is 0 Å². The van der Waals surface area contributed by atoms with E-state index >= 15 is 0 Å². The third-order valence-corrected chi connectivity index (χ3v) is 4.61. The molecule has 3 N–H and O–H groups in total. The Labute approximate surface area is 164 Å². The van der Waals surface area contributed by atoms with Gasteiger partial charge in [0.05, 0.1) is 13.2 Å². The van der Waals surface area contributed by atoms with Crippen LogP contribution >= 0.6 is 0 Å². The zero-order valence-electron chi connectivity index (χ0n) is 16.1. The van der Waals surface area contributed by atoms with Crippen molar-refractivity contribution in [3.63, 3.8) is 0 Å². The molecule has 28 heavy (non-hydrogen) atoms. The van der Waals surface area contributed by atoms with Gasteiger partial charge in [0, 0.05) is 5.41 Å². The molecule has 7 heteroatoms. The highest BCUT2D eigenvalue weighted by Gasteiger charge is 2.23. The van der Waals surface area contributed by atoms with Gasteiger partial charge in [-0.1, -0.05) is 43.3 Å². The Morgan fingerprint density at radius 3 is 1.71 bits per heavy atom. The molecule has 0 bridgehead atoms. The van der Waals surface area contributed by atoms with Gasteiger partial charge in [-0.25, -0.2) is 0 Å². The average molecular weight is 389 g/mol. The molecule has 2 rings (SSSR count). The van der Waals surface area contributed by atoms with Crippen molar-refractivity contribution in [2.45, 2.75) is 31.4 Å². The summed E-state index contributed by atoms with van der Waals surface area (Å²) < 4.78 is 10.9. The van der Waals surface area contributed by atoms with Gasteiger partial charge >= 0.3 is 0 Å². The third kappa shape index (κ3) is 5.76. The lowest BCUT2D eigenvalue weighted by Crippen LogP contribution is -2.21. The van der Waals surface area contributed by atoms with E-state index in [0.717, 1.165) is 11.1 Å². The monoisotopic (exact) mass is 389 g/mol. The zero-order chi connectivity index (χ0) is 20.6. The van der Waals surface area contributed by atoms with E-state index < -0.39 is 12.1 Å². The number of aliphatic hydroxyl groups excluding tert-OH is 3. The van der Waals surface area contributed by atoms with E-state index in [2.05, 4.69) is 19.0 Å². The summed E-state index contributed by atoms with van der Waals surface area (Å²) in [5.74, 6) is 1.23. The van der Waals surface area contributed by atoms with Crippen molar-refractivity contribution >= 4 is 0 Å². The van der Waals surface area contributed by atoms with Gasteiger partial charge in [0.1, 0.15) is 36.9 Å². The lowest BCUT2D eigenvalue weighted by atomic mass is 9.78. The van der Waals surface area contributed by atoms with Crippen LogP contribution in [0.1, 0.15) is 25.0 Å². The van der Waals surface area contributed by atoms with Crippen LogP contribution in [-0.2, 0) is 5.41 Å². The van der Waals surface area contributed by atoms with Crippen molar-refractivity contribution in [1.29, 1.82) is 0 Å². The summed E-state index contributed by atoms with van der Waals surface area (Å²) in [6.07, 6.45) is -0.896. The van der Waals surface area contributed by atoms with Crippen LogP contribution in [0.3, 0.4) is 0 Å². The second kappa shape index (κ2) is 10.2. The molecule has 2 aromatic carbocycles. The number of hydrogen-bond donors (Lipinski definition) is 3. The zero-order valence-corrected chi connectivity index (χ0v) is 16.1.